The van der Waals surface area contributed by atoms with Gasteiger partial charge in [0.2, 0.25) is 10.4 Å². The van der Waals surface area contributed by atoms with Crippen LogP contribution in [0.5, 0.6) is 0 Å². The summed E-state index contributed by atoms with van der Waals surface area (Å²) in [7, 11) is -1.60. The number of aryl methyl sites for hydroxylation is 2. The minimum Gasteiger partial charge on any atom is -0.726 e. The van der Waals surface area contributed by atoms with Crippen LogP contribution >= 0.6 is 11.3 Å². The van der Waals surface area contributed by atoms with Crippen molar-refractivity contribution in [1.29, 1.82) is 0 Å². The van der Waals surface area contributed by atoms with Crippen LogP contribution in [0, 0.1) is 6.92 Å². The van der Waals surface area contributed by atoms with Crippen LogP contribution in [0.2, 0.25) is 0 Å². The molecule has 8 nitrogen and oxygen atoms in total. The summed E-state index contributed by atoms with van der Waals surface area (Å²) in [5.41, 5.74) is 5.25. The molecule has 0 spiro atoms. The molecule has 5 aromatic rings. The van der Waals surface area contributed by atoms with E-state index in [-0.39, 0.29) is 0 Å². The van der Waals surface area contributed by atoms with Crippen molar-refractivity contribution in [2.45, 2.75) is 6.92 Å². The molecule has 36 heavy (non-hydrogen) atoms. The van der Waals surface area contributed by atoms with Crippen molar-refractivity contribution >= 4 is 43.5 Å². The predicted octanol–water partition coefficient (Wildman–Crippen LogP) is 6.00. The van der Waals surface area contributed by atoms with E-state index in [9.17, 15) is 13.0 Å². The van der Waals surface area contributed by atoms with E-state index in [1.165, 1.54) is 4.88 Å². The Balaban J connectivity index is 0.000000455. The zero-order valence-electron chi connectivity index (χ0n) is 19.9. The highest BCUT2D eigenvalue weighted by molar-refractivity contribution is 7.80. The molecule has 0 aliphatic rings. The van der Waals surface area contributed by atoms with E-state index >= 15 is 0 Å². The zero-order chi connectivity index (χ0) is 25.7. The SMILES string of the molecule is COS(=O)(=O)[O-].Cc1c[n+](C)c(N=Nc2c(-c3ccccc3)n(-c3ccccc3)c3ccccc23)s1. The van der Waals surface area contributed by atoms with E-state index in [4.69, 9.17) is 5.11 Å². The number of aromatic nitrogens is 2. The molecule has 2 aromatic heterocycles. The highest BCUT2D eigenvalue weighted by atomic mass is 32.3. The van der Waals surface area contributed by atoms with Gasteiger partial charge in [-0.1, -0.05) is 66.7 Å². The number of hydrogen-bond donors (Lipinski definition) is 0. The Kier molecular flexibility index (Phi) is 7.70. The molecular formula is C26H24N4O4S2. The van der Waals surface area contributed by atoms with Crippen molar-refractivity contribution < 1.29 is 21.7 Å². The summed E-state index contributed by atoms with van der Waals surface area (Å²) in [4.78, 5) is 1.21. The summed E-state index contributed by atoms with van der Waals surface area (Å²) < 4.78 is 35.3. The van der Waals surface area contributed by atoms with Crippen LogP contribution in [0.1, 0.15) is 4.88 Å². The fraction of sp³-hybridized carbons (Fsp3) is 0.115. The average Bonchev–Trinajstić information content (AvgIpc) is 3.39. The van der Waals surface area contributed by atoms with Gasteiger partial charge < -0.3 is 9.12 Å². The van der Waals surface area contributed by atoms with Crippen LogP contribution in [-0.2, 0) is 21.6 Å². The van der Waals surface area contributed by atoms with Crippen LogP contribution in [0.3, 0.4) is 0 Å². The van der Waals surface area contributed by atoms with Gasteiger partial charge in [-0.25, -0.2) is 13.0 Å². The Morgan fingerprint density at radius 3 is 2.08 bits per heavy atom. The van der Waals surface area contributed by atoms with Gasteiger partial charge in [0.25, 0.3) is 0 Å². The predicted molar refractivity (Wildman–Crippen MR) is 140 cm³/mol. The van der Waals surface area contributed by atoms with Gasteiger partial charge in [-0.15, -0.1) is 0 Å². The summed E-state index contributed by atoms with van der Waals surface area (Å²) in [5.74, 6) is 0. The molecule has 5 rings (SSSR count). The molecule has 0 amide bonds. The van der Waals surface area contributed by atoms with Gasteiger partial charge in [0.1, 0.15) is 11.9 Å². The third-order valence-electron chi connectivity index (χ3n) is 5.28. The first kappa shape index (κ1) is 25.4. The molecule has 0 saturated carbocycles. The molecule has 0 radical (unpaired) electrons. The van der Waals surface area contributed by atoms with Crippen LogP contribution in [0.25, 0.3) is 27.8 Å². The van der Waals surface area contributed by atoms with Crippen LogP contribution < -0.4 is 4.57 Å². The third kappa shape index (κ3) is 5.74. The minimum absolute atomic E-state index is 0.808. The van der Waals surface area contributed by atoms with Gasteiger partial charge in [-0.3, -0.25) is 4.18 Å². The quantitative estimate of drug-likeness (QED) is 0.123. The first-order valence-corrected chi connectivity index (χ1v) is 13.1. The van der Waals surface area contributed by atoms with E-state index < -0.39 is 10.4 Å². The second-order valence-corrected chi connectivity index (χ2v) is 10.1. The summed E-state index contributed by atoms with van der Waals surface area (Å²) in [6.45, 7) is 2.08. The third-order valence-corrected chi connectivity index (χ3v) is 6.67. The van der Waals surface area contributed by atoms with E-state index in [2.05, 4.69) is 99.8 Å². The van der Waals surface area contributed by atoms with E-state index in [1.54, 1.807) is 11.3 Å². The molecule has 0 N–H and O–H groups in total. The Bertz CT molecular complexity index is 1610. The number of thiazole rings is 1. The normalized spacial score (nSPS) is 11.6. The molecule has 184 valence electrons. The first-order valence-electron chi connectivity index (χ1n) is 10.9. The van der Waals surface area contributed by atoms with Crippen molar-refractivity contribution in [2.75, 3.05) is 7.11 Å². The maximum atomic E-state index is 9.22. The summed E-state index contributed by atoms with van der Waals surface area (Å²) in [6.07, 6.45) is 2.07. The molecule has 3 aromatic carbocycles. The van der Waals surface area contributed by atoms with Crippen molar-refractivity contribution in [3.63, 3.8) is 0 Å². The molecular weight excluding hydrogens is 496 g/mol. The number of benzene rings is 3. The van der Waals surface area contributed by atoms with E-state index in [0.717, 1.165) is 45.8 Å². The largest absolute Gasteiger partial charge is 0.726 e. The summed E-state index contributed by atoms with van der Waals surface area (Å²) >= 11 is 1.64. The van der Waals surface area contributed by atoms with Crippen LogP contribution in [0.4, 0.5) is 10.8 Å². The highest BCUT2D eigenvalue weighted by Gasteiger charge is 2.22. The van der Waals surface area contributed by atoms with Gasteiger partial charge in [-0.2, -0.15) is 0 Å². The smallest absolute Gasteiger partial charge is 0.408 e. The van der Waals surface area contributed by atoms with Crippen molar-refractivity contribution in [3.05, 3.63) is 96.0 Å². The van der Waals surface area contributed by atoms with E-state index in [0.29, 0.717) is 0 Å². The average molecular weight is 521 g/mol. The molecule has 0 atom stereocenters. The van der Waals surface area contributed by atoms with Crippen molar-refractivity contribution in [1.82, 2.24) is 4.57 Å². The van der Waals surface area contributed by atoms with Gasteiger partial charge in [-0.05, 0) is 41.6 Å². The number of hydrogen-bond acceptors (Lipinski definition) is 7. The van der Waals surface area contributed by atoms with Gasteiger partial charge >= 0.3 is 5.13 Å². The fourth-order valence-corrected chi connectivity index (χ4v) is 4.56. The van der Waals surface area contributed by atoms with Gasteiger partial charge in [0.15, 0.2) is 0 Å². The molecule has 10 heteroatoms. The Hall–Kier alpha value is -3.70. The second kappa shape index (κ2) is 10.9. The molecule has 0 aliphatic heterocycles. The van der Waals surface area contributed by atoms with Crippen LogP contribution in [-0.4, -0.2) is 24.6 Å². The minimum atomic E-state index is -4.41. The monoisotopic (exact) mass is 520 g/mol. The van der Waals surface area contributed by atoms with Gasteiger partial charge in [0, 0.05) is 21.5 Å². The maximum absolute atomic E-state index is 9.22. The van der Waals surface area contributed by atoms with Gasteiger partial charge in [0.05, 0.1) is 30.5 Å². The molecule has 0 saturated heterocycles. The molecule has 0 fully saturated rings. The maximum Gasteiger partial charge on any atom is 0.408 e. The standard InChI is InChI=1S/C25H21N4S.CH4O4S/c1-18-17-28(2)25(30-18)27-26-23-21-15-9-10-16-22(21)29(20-13-7-4-8-14-20)24(23)19-11-5-3-6-12-19;1-5-6(2,3)4/h3-17H,1-2H3;1H3,(H,2,3,4)/q+1;/p-1. The number of rotatable bonds is 5. The molecule has 0 bridgehead atoms. The van der Waals surface area contributed by atoms with E-state index in [1.807, 2.05) is 23.7 Å². The second-order valence-electron chi connectivity index (χ2n) is 7.76. The lowest BCUT2D eigenvalue weighted by atomic mass is 10.1. The molecule has 2 heterocycles. The Morgan fingerprint density at radius 2 is 1.50 bits per heavy atom. The number of nitrogens with zero attached hydrogens (tertiary/aromatic N) is 4. The number of azo groups is 1. The summed E-state index contributed by atoms with van der Waals surface area (Å²) in [5, 5.41) is 11.4. The Morgan fingerprint density at radius 1 is 0.917 bits per heavy atom. The summed E-state index contributed by atoms with van der Waals surface area (Å²) in [6, 6.07) is 29.2. The lowest BCUT2D eigenvalue weighted by Gasteiger charge is -2.11. The topological polar surface area (TPSA) is 100.0 Å². The van der Waals surface area contributed by atoms with Crippen molar-refractivity contribution in [2.24, 2.45) is 17.3 Å². The highest BCUT2D eigenvalue weighted by Crippen LogP contribution is 2.42. The number of fused-ring (bicyclic) bond motifs is 1. The fourth-order valence-electron chi connectivity index (χ4n) is 3.79. The van der Waals surface area contributed by atoms with Crippen molar-refractivity contribution in [3.8, 4) is 16.9 Å². The number of para-hydroxylation sites is 2. The van der Waals surface area contributed by atoms with Crippen LogP contribution in [0.15, 0.2) is 101 Å². The lowest BCUT2D eigenvalue weighted by molar-refractivity contribution is -0.654. The lowest BCUT2D eigenvalue weighted by Crippen LogP contribution is -2.23. The molecule has 0 aliphatic carbocycles. The Labute approximate surface area is 213 Å². The molecule has 0 unspecified atom stereocenters. The first-order chi connectivity index (χ1) is 17.3. The zero-order valence-corrected chi connectivity index (χ0v) is 21.5.